The van der Waals surface area contributed by atoms with E-state index >= 15 is 0 Å². The highest BCUT2D eigenvalue weighted by molar-refractivity contribution is 6.32. The summed E-state index contributed by atoms with van der Waals surface area (Å²) < 4.78 is 5.18. The van der Waals surface area contributed by atoms with Crippen LogP contribution in [0.1, 0.15) is 24.4 Å². The van der Waals surface area contributed by atoms with Crippen molar-refractivity contribution in [1.29, 1.82) is 0 Å². The van der Waals surface area contributed by atoms with E-state index in [1.807, 2.05) is 0 Å². The van der Waals surface area contributed by atoms with Crippen LogP contribution in [-0.4, -0.2) is 12.2 Å². The Morgan fingerprint density at radius 1 is 1.53 bits per heavy atom. The van der Waals surface area contributed by atoms with Crippen LogP contribution in [0.3, 0.4) is 0 Å². The lowest BCUT2D eigenvalue weighted by atomic mass is 10.0. The summed E-state index contributed by atoms with van der Waals surface area (Å²) in [6, 6.07) is 3.16. The molecule has 0 heterocycles. The lowest BCUT2D eigenvalue weighted by molar-refractivity contribution is 0.389. The van der Waals surface area contributed by atoms with Gasteiger partial charge in [0.05, 0.1) is 17.7 Å². The fraction of sp³-hybridized carbons (Fsp3) is 0.455. The van der Waals surface area contributed by atoms with Crippen LogP contribution in [0.15, 0.2) is 12.1 Å². The van der Waals surface area contributed by atoms with Crippen molar-refractivity contribution in [3.8, 4) is 11.5 Å². The maximum Gasteiger partial charge on any atom is 0.142 e. The van der Waals surface area contributed by atoms with E-state index in [9.17, 15) is 5.11 Å². The van der Waals surface area contributed by atoms with Gasteiger partial charge in [0.1, 0.15) is 11.5 Å². The summed E-state index contributed by atoms with van der Waals surface area (Å²) in [5.41, 5.74) is 6.68. The van der Waals surface area contributed by atoms with Crippen LogP contribution in [0.25, 0.3) is 0 Å². The molecule has 0 aromatic heterocycles. The summed E-state index contributed by atoms with van der Waals surface area (Å²) in [4.78, 5) is 0. The van der Waals surface area contributed by atoms with Gasteiger partial charge in [0, 0.05) is 6.04 Å². The summed E-state index contributed by atoms with van der Waals surface area (Å²) >= 11 is 5.85. The standard InChI is InChI=1S/C11H14ClNO2/c1-15-8-5-4-7(12)11(14)9(8)10(13)6-2-3-6/h4-6,10,14H,2-3,13H2,1H3/t10-/m0/s1. The monoisotopic (exact) mass is 227 g/mol. The van der Waals surface area contributed by atoms with Crippen LogP contribution >= 0.6 is 11.6 Å². The van der Waals surface area contributed by atoms with Crippen molar-refractivity contribution in [3.63, 3.8) is 0 Å². The van der Waals surface area contributed by atoms with E-state index in [-0.39, 0.29) is 11.8 Å². The Balaban J connectivity index is 2.45. The van der Waals surface area contributed by atoms with Crippen molar-refractivity contribution in [2.45, 2.75) is 18.9 Å². The topological polar surface area (TPSA) is 55.5 Å². The van der Waals surface area contributed by atoms with Gasteiger partial charge in [0.2, 0.25) is 0 Å². The minimum Gasteiger partial charge on any atom is -0.506 e. The Labute approximate surface area is 93.8 Å². The highest BCUT2D eigenvalue weighted by Crippen LogP contribution is 2.46. The molecular formula is C11H14ClNO2. The molecule has 1 aliphatic rings. The molecule has 15 heavy (non-hydrogen) atoms. The molecule has 0 radical (unpaired) electrons. The predicted octanol–water partition coefficient (Wildman–Crippen LogP) is 2.46. The molecule has 1 atom stereocenters. The van der Waals surface area contributed by atoms with Crippen LogP contribution in [0, 0.1) is 5.92 Å². The molecule has 2 rings (SSSR count). The second-order valence-electron chi connectivity index (χ2n) is 3.88. The van der Waals surface area contributed by atoms with E-state index < -0.39 is 0 Å². The minimum absolute atomic E-state index is 0.0513. The van der Waals surface area contributed by atoms with Gasteiger partial charge in [-0.05, 0) is 30.9 Å². The first-order valence-corrected chi connectivity index (χ1v) is 5.34. The Hall–Kier alpha value is -0.930. The lowest BCUT2D eigenvalue weighted by Crippen LogP contribution is -2.14. The lowest BCUT2D eigenvalue weighted by Gasteiger charge is -2.17. The molecule has 1 aliphatic carbocycles. The summed E-state index contributed by atoms with van der Waals surface area (Å²) in [7, 11) is 1.56. The van der Waals surface area contributed by atoms with Crippen molar-refractivity contribution in [2.24, 2.45) is 11.7 Å². The van der Waals surface area contributed by atoms with Gasteiger partial charge in [-0.3, -0.25) is 0 Å². The third kappa shape index (κ3) is 1.90. The van der Waals surface area contributed by atoms with Gasteiger partial charge in [-0.2, -0.15) is 0 Å². The van der Waals surface area contributed by atoms with Crippen molar-refractivity contribution >= 4 is 11.6 Å². The van der Waals surface area contributed by atoms with Crippen molar-refractivity contribution in [3.05, 3.63) is 22.7 Å². The molecular weight excluding hydrogens is 214 g/mol. The number of nitrogens with two attached hydrogens (primary N) is 1. The number of hydrogen-bond donors (Lipinski definition) is 2. The van der Waals surface area contributed by atoms with Crippen LogP contribution in [0.5, 0.6) is 11.5 Å². The van der Waals surface area contributed by atoms with Crippen molar-refractivity contribution in [2.75, 3.05) is 7.11 Å². The number of halogens is 1. The quantitative estimate of drug-likeness (QED) is 0.834. The molecule has 0 spiro atoms. The summed E-state index contributed by atoms with van der Waals surface area (Å²) in [5, 5.41) is 10.2. The molecule has 3 nitrogen and oxygen atoms in total. The van der Waals surface area contributed by atoms with Gasteiger partial charge in [-0.15, -0.1) is 0 Å². The highest BCUT2D eigenvalue weighted by Gasteiger charge is 2.33. The van der Waals surface area contributed by atoms with E-state index in [0.29, 0.717) is 22.3 Å². The van der Waals surface area contributed by atoms with E-state index in [4.69, 9.17) is 22.1 Å². The van der Waals surface area contributed by atoms with Crippen molar-refractivity contribution in [1.82, 2.24) is 0 Å². The SMILES string of the molecule is COc1ccc(Cl)c(O)c1[C@@H](N)C1CC1. The van der Waals surface area contributed by atoms with Gasteiger partial charge in [0.25, 0.3) is 0 Å². The first-order valence-electron chi connectivity index (χ1n) is 4.96. The molecule has 0 bridgehead atoms. The minimum atomic E-state index is -0.182. The average Bonchev–Trinajstić information content (AvgIpc) is 3.04. The summed E-state index contributed by atoms with van der Waals surface area (Å²) in [6.07, 6.45) is 2.21. The smallest absolute Gasteiger partial charge is 0.142 e. The number of aromatic hydroxyl groups is 1. The maximum absolute atomic E-state index is 9.86. The summed E-state index contributed by atoms with van der Waals surface area (Å²) in [5.74, 6) is 1.11. The van der Waals surface area contributed by atoms with Crippen LogP contribution in [0.4, 0.5) is 0 Å². The second-order valence-corrected chi connectivity index (χ2v) is 4.28. The van der Waals surface area contributed by atoms with E-state index in [1.54, 1.807) is 19.2 Å². The molecule has 1 aromatic rings. The number of ether oxygens (including phenoxy) is 1. The van der Waals surface area contributed by atoms with Gasteiger partial charge in [-0.25, -0.2) is 0 Å². The number of phenolic OH excluding ortho intramolecular Hbond substituents is 1. The number of benzene rings is 1. The second kappa shape index (κ2) is 3.91. The number of methoxy groups -OCH3 is 1. The Kier molecular flexibility index (Phi) is 2.76. The Bertz CT molecular complexity index is 377. The molecule has 0 unspecified atom stereocenters. The zero-order valence-corrected chi connectivity index (χ0v) is 9.29. The van der Waals surface area contributed by atoms with E-state index in [1.165, 1.54) is 0 Å². The molecule has 82 valence electrons. The largest absolute Gasteiger partial charge is 0.506 e. The predicted molar refractivity (Wildman–Crippen MR) is 59.3 cm³/mol. The first kappa shape index (κ1) is 10.6. The average molecular weight is 228 g/mol. The Morgan fingerprint density at radius 2 is 2.20 bits per heavy atom. The summed E-state index contributed by atoms with van der Waals surface area (Å²) in [6.45, 7) is 0. The normalized spacial score (nSPS) is 17.5. The maximum atomic E-state index is 9.86. The Morgan fingerprint density at radius 3 is 2.73 bits per heavy atom. The van der Waals surface area contributed by atoms with Crippen molar-refractivity contribution < 1.29 is 9.84 Å². The van der Waals surface area contributed by atoms with Crippen LogP contribution in [0.2, 0.25) is 5.02 Å². The molecule has 4 heteroatoms. The van der Waals surface area contributed by atoms with E-state index in [2.05, 4.69) is 0 Å². The molecule has 3 N–H and O–H groups in total. The third-order valence-electron chi connectivity index (χ3n) is 2.81. The zero-order chi connectivity index (χ0) is 11.0. The fourth-order valence-electron chi connectivity index (χ4n) is 1.75. The van der Waals surface area contributed by atoms with Gasteiger partial charge in [-0.1, -0.05) is 11.6 Å². The number of phenols is 1. The highest BCUT2D eigenvalue weighted by atomic mass is 35.5. The van der Waals surface area contributed by atoms with E-state index in [0.717, 1.165) is 12.8 Å². The fourth-order valence-corrected chi connectivity index (χ4v) is 1.92. The van der Waals surface area contributed by atoms with Gasteiger partial charge < -0.3 is 15.6 Å². The zero-order valence-electron chi connectivity index (χ0n) is 8.53. The molecule has 0 saturated heterocycles. The molecule has 0 amide bonds. The van der Waals surface area contributed by atoms with Crippen LogP contribution < -0.4 is 10.5 Å². The van der Waals surface area contributed by atoms with Gasteiger partial charge in [0.15, 0.2) is 0 Å². The number of rotatable bonds is 3. The van der Waals surface area contributed by atoms with Crippen LogP contribution in [-0.2, 0) is 0 Å². The molecule has 1 fully saturated rings. The molecule has 1 aromatic carbocycles. The number of hydrogen-bond acceptors (Lipinski definition) is 3. The third-order valence-corrected chi connectivity index (χ3v) is 3.12. The molecule has 1 saturated carbocycles. The molecule has 0 aliphatic heterocycles. The first-order chi connectivity index (χ1) is 7.15. The van der Waals surface area contributed by atoms with Gasteiger partial charge >= 0.3 is 0 Å².